The molecule has 1 fully saturated rings. The predicted octanol–water partition coefficient (Wildman–Crippen LogP) is 3.61. The number of halogens is 1. The Morgan fingerprint density at radius 2 is 1.94 bits per heavy atom. The van der Waals surface area contributed by atoms with E-state index in [0.717, 1.165) is 6.42 Å². The highest BCUT2D eigenvalue weighted by Crippen LogP contribution is 2.30. The molecule has 1 aliphatic rings. The summed E-state index contributed by atoms with van der Waals surface area (Å²) in [5.74, 6) is 0.207. The molecule has 0 aliphatic heterocycles. The molecule has 0 spiro atoms. The summed E-state index contributed by atoms with van der Waals surface area (Å²) in [6.07, 6.45) is 10.4. The maximum atomic E-state index is 13.0. The van der Waals surface area contributed by atoms with Crippen LogP contribution in [0.25, 0.3) is 0 Å². The highest BCUT2D eigenvalue weighted by Gasteiger charge is 2.18. The first-order valence-electron chi connectivity index (χ1n) is 6.54. The molecule has 1 unspecified atom stereocenters. The van der Waals surface area contributed by atoms with Crippen LogP contribution in [0.5, 0.6) is 0 Å². The molecule has 0 bridgehead atoms. The van der Waals surface area contributed by atoms with Crippen molar-refractivity contribution in [2.45, 2.75) is 51.0 Å². The fourth-order valence-electron chi connectivity index (χ4n) is 2.66. The highest BCUT2D eigenvalue weighted by molar-refractivity contribution is 5.13. The third-order valence-corrected chi connectivity index (χ3v) is 3.64. The molecule has 94 valence electrons. The Bertz CT molecular complexity index is 348. The van der Waals surface area contributed by atoms with Gasteiger partial charge in [0.25, 0.3) is 0 Å². The van der Waals surface area contributed by atoms with Crippen LogP contribution in [-0.4, -0.2) is 10.1 Å². The summed E-state index contributed by atoms with van der Waals surface area (Å²) >= 11 is 0. The second kappa shape index (κ2) is 6.10. The average Bonchev–Trinajstić information content (AvgIpc) is 2.57. The minimum atomic E-state index is -0.568. The first-order valence-corrected chi connectivity index (χ1v) is 6.54. The monoisotopic (exact) mass is 237 g/mol. The Hall–Kier alpha value is -0.960. The van der Waals surface area contributed by atoms with Crippen LogP contribution in [0.1, 0.15) is 56.6 Å². The molecule has 1 aliphatic carbocycles. The molecule has 1 saturated carbocycles. The van der Waals surface area contributed by atoms with Crippen molar-refractivity contribution in [1.82, 2.24) is 4.98 Å². The molecule has 1 N–H and O–H groups in total. The second-order valence-corrected chi connectivity index (χ2v) is 5.05. The minimum absolute atomic E-state index is 0.373. The average molecular weight is 237 g/mol. The maximum absolute atomic E-state index is 13.0. The summed E-state index contributed by atoms with van der Waals surface area (Å²) in [5, 5.41) is 10.1. The Labute approximate surface area is 102 Å². The van der Waals surface area contributed by atoms with E-state index in [1.54, 1.807) is 6.20 Å². The van der Waals surface area contributed by atoms with Crippen LogP contribution in [-0.2, 0) is 0 Å². The summed E-state index contributed by atoms with van der Waals surface area (Å²) in [6, 6.07) is 1.38. The van der Waals surface area contributed by atoms with E-state index in [1.165, 1.54) is 50.8 Å². The normalized spacial score (nSPS) is 19.9. The minimum Gasteiger partial charge on any atom is -0.388 e. The third kappa shape index (κ3) is 3.77. The van der Waals surface area contributed by atoms with Gasteiger partial charge in [0.1, 0.15) is 5.82 Å². The standard InChI is InChI=1S/C14H20FNO/c15-13-8-12(9-16-10-13)14(17)7-11-5-3-1-2-4-6-11/h8-11,14,17H,1-7H2. The van der Waals surface area contributed by atoms with Gasteiger partial charge in [-0.25, -0.2) is 4.39 Å². The van der Waals surface area contributed by atoms with Crippen LogP contribution in [0.4, 0.5) is 4.39 Å². The van der Waals surface area contributed by atoms with Gasteiger partial charge in [-0.2, -0.15) is 0 Å². The van der Waals surface area contributed by atoms with Crippen molar-refractivity contribution < 1.29 is 9.50 Å². The predicted molar refractivity (Wildman–Crippen MR) is 65.0 cm³/mol. The topological polar surface area (TPSA) is 33.1 Å². The van der Waals surface area contributed by atoms with Crippen LogP contribution in [0.2, 0.25) is 0 Å². The van der Waals surface area contributed by atoms with Crippen molar-refractivity contribution >= 4 is 0 Å². The Kier molecular flexibility index (Phi) is 4.49. The third-order valence-electron chi connectivity index (χ3n) is 3.64. The summed E-state index contributed by atoms with van der Waals surface area (Å²) in [4.78, 5) is 3.78. The number of hydrogen-bond donors (Lipinski definition) is 1. The largest absolute Gasteiger partial charge is 0.388 e. The van der Waals surface area contributed by atoms with Crippen molar-refractivity contribution in [1.29, 1.82) is 0 Å². The number of hydrogen-bond acceptors (Lipinski definition) is 2. The van der Waals surface area contributed by atoms with E-state index in [1.807, 2.05) is 0 Å². The number of rotatable bonds is 3. The number of pyridine rings is 1. The fourth-order valence-corrected chi connectivity index (χ4v) is 2.66. The fraction of sp³-hybridized carbons (Fsp3) is 0.643. The highest BCUT2D eigenvalue weighted by atomic mass is 19.1. The number of aromatic nitrogens is 1. The Morgan fingerprint density at radius 3 is 2.59 bits per heavy atom. The zero-order valence-electron chi connectivity index (χ0n) is 10.1. The van der Waals surface area contributed by atoms with Crippen molar-refractivity contribution in [3.63, 3.8) is 0 Å². The zero-order chi connectivity index (χ0) is 12.1. The van der Waals surface area contributed by atoms with E-state index in [0.29, 0.717) is 11.5 Å². The Morgan fingerprint density at radius 1 is 1.24 bits per heavy atom. The van der Waals surface area contributed by atoms with Crippen molar-refractivity contribution in [2.24, 2.45) is 5.92 Å². The van der Waals surface area contributed by atoms with Gasteiger partial charge in [0.05, 0.1) is 12.3 Å². The molecular weight excluding hydrogens is 217 g/mol. The van der Waals surface area contributed by atoms with Gasteiger partial charge in [0, 0.05) is 11.8 Å². The van der Waals surface area contributed by atoms with Gasteiger partial charge < -0.3 is 5.11 Å². The smallest absolute Gasteiger partial charge is 0.141 e. The summed E-state index contributed by atoms with van der Waals surface area (Å²) in [5.41, 5.74) is 0.606. The van der Waals surface area contributed by atoms with Gasteiger partial charge in [-0.3, -0.25) is 4.98 Å². The van der Waals surface area contributed by atoms with E-state index >= 15 is 0 Å². The SMILES string of the molecule is OC(CC1CCCCCC1)c1cncc(F)c1. The van der Waals surface area contributed by atoms with Crippen LogP contribution in [0.15, 0.2) is 18.5 Å². The molecule has 0 saturated heterocycles. The number of nitrogens with zero attached hydrogens (tertiary/aromatic N) is 1. The summed E-state index contributed by atoms with van der Waals surface area (Å²) < 4.78 is 13.0. The van der Waals surface area contributed by atoms with E-state index in [2.05, 4.69) is 4.98 Å². The molecule has 17 heavy (non-hydrogen) atoms. The first kappa shape index (κ1) is 12.5. The van der Waals surface area contributed by atoms with Crippen LogP contribution in [0, 0.1) is 11.7 Å². The first-order chi connectivity index (χ1) is 8.25. The molecule has 0 radical (unpaired) electrons. The van der Waals surface area contributed by atoms with Crippen molar-refractivity contribution in [3.05, 3.63) is 29.8 Å². The van der Waals surface area contributed by atoms with Gasteiger partial charge in [0.2, 0.25) is 0 Å². The second-order valence-electron chi connectivity index (χ2n) is 5.05. The van der Waals surface area contributed by atoms with E-state index < -0.39 is 6.10 Å². The molecular formula is C14H20FNO. The van der Waals surface area contributed by atoms with Gasteiger partial charge in [-0.05, 0) is 18.4 Å². The molecule has 1 heterocycles. The molecule has 3 heteroatoms. The molecule has 0 amide bonds. The lowest BCUT2D eigenvalue weighted by Gasteiger charge is -2.18. The molecule has 1 aromatic heterocycles. The molecule has 2 rings (SSSR count). The molecule has 1 atom stereocenters. The quantitative estimate of drug-likeness (QED) is 0.814. The zero-order valence-corrected chi connectivity index (χ0v) is 10.1. The van der Waals surface area contributed by atoms with E-state index in [9.17, 15) is 9.50 Å². The lowest BCUT2D eigenvalue weighted by atomic mass is 9.91. The molecule has 2 nitrogen and oxygen atoms in total. The molecule has 0 aromatic carbocycles. The van der Waals surface area contributed by atoms with Crippen LogP contribution < -0.4 is 0 Å². The lowest BCUT2D eigenvalue weighted by Crippen LogP contribution is -2.07. The van der Waals surface area contributed by atoms with Crippen molar-refractivity contribution in [3.8, 4) is 0 Å². The van der Waals surface area contributed by atoms with Crippen molar-refractivity contribution in [2.75, 3.05) is 0 Å². The number of aliphatic hydroxyl groups excluding tert-OH is 1. The van der Waals surface area contributed by atoms with Gasteiger partial charge >= 0.3 is 0 Å². The van der Waals surface area contributed by atoms with Gasteiger partial charge in [-0.15, -0.1) is 0 Å². The summed E-state index contributed by atoms with van der Waals surface area (Å²) in [7, 11) is 0. The number of aliphatic hydroxyl groups is 1. The summed E-state index contributed by atoms with van der Waals surface area (Å²) in [6.45, 7) is 0. The maximum Gasteiger partial charge on any atom is 0.141 e. The van der Waals surface area contributed by atoms with Crippen LogP contribution in [0.3, 0.4) is 0 Å². The Balaban J connectivity index is 1.93. The van der Waals surface area contributed by atoms with Gasteiger partial charge in [0.15, 0.2) is 0 Å². The lowest BCUT2D eigenvalue weighted by molar-refractivity contribution is 0.138. The van der Waals surface area contributed by atoms with E-state index in [4.69, 9.17) is 0 Å². The molecule has 1 aromatic rings. The van der Waals surface area contributed by atoms with Gasteiger partial charge in [-0.1, -0.05) is 38.5 Å². The van der Waals surface area contributed by atoms with E-state index in [-0.39, 0.29) is 5.82 Å². The van der Waals surface area contributed by atoms with Crippen LogP contribution >= 0.6 is 0 Å².